The van der Waals surface area contributed by atoms with Crippen molar-refractivity contribution in [3.05, 3.63) is 76.8 Å². The van der Waals surface area contributed by atoms with Crippen LogP contribution in [0.5, 0.6) is 11.5 Å². The van der Waals surface area contributed by atoms with Crippen LogP contribution in [0.4, 0.5) is 0 Å². The first kappa shape index (κ1) is 17.2. The molecule has 0 amide bonds. The van der Waals surface area contributed by atoms with E-state index in [-0.39, 0.29) is 0 Å². The molecule has 0 heterocycles. The molecular weight excluding hydrogens is 380 g/mol. The minimum atomic E-state index is -0.415. The molecule has 0 radical (unpaired) electrons. The summed E-state index contributed by atoms with van der Waals surface area (Å²) in [5.41, 5.74) is 0.904. The van der Waals surface area contributed by atoms with Gasteiger partial charge in [-0.15, -0.1) is 0 Å². The first-order chi connectivity index (χ1) is 12.2. The molecule has 0 fully saturated rings. The maximum Gasteiger partial charge on any atom is 0.336 e. The van der Waals surface area contributed by atoms with Crippen LogP contribution in [-0.4, -0.2) is 12.6 Å². The molecule has 3 aromatic rings. The molecule has 126 valence electrons. The lowest BCUT2D eigenvalue weighted by atomic mass is 10.1. The molecule has 3 aromatic carbocycles. The van der Waals surface area contributed by atoms with Crippen LogP contribution in [0.15, 0.2) is 71.2 Å². The van der Waals surface area contributed by atoms with Gasteiger partial charge in [-0.25, -0.2) is 4.79 Å². The smallest absolute Gasteiger partial charge is 0.336 e. The molecule has 0 atom stereocenters. The van der Waals surface area contributed by atoms with Crippen molar-refractivity contribution < 1.29 is 14.3 Å². The minimum Gasteiger partial charge on any atom is -0.494 e. The lowest BCUT2D eigenvalue weighted by Crippen LogP contribution is -2.04. The number of esters is 1. The predicted molar refractivity (Wildman–Crippen MR) is 104 cm³/mol. The maximum absolute atomic E-state index is 12.1. The first-order valence-corrected chi connectivity index (χ1v) is 8.76. The van der Waals surface area contributed by atoms with Gasteiger partial charge < -0.3 is 9.47 Å². The Morgan fingerprint density at radius 3 is 2.44 bits per heavy atom. The summed E-state index contributed by atoms with van der Waals surface area (Å²) in [7, 11) is 0. The summed E-state index contributed by atoms with van der Waals surface area (Å²) in [4.78, 5) is 12.1. The highest BCUT2D eigenvalue weighted by Gasteiger charge is 2.07. The predicted octanol–water partition coefficient (Wildman–Crippen LogP) is 5.62. The second-order valence-corrected chi connectivity index (χ2v) is 6.20. The van der Waals surface area contributed by atoms with E-state index in [0.29, 0.717) is 12.4 Å². The van der Waals surface area contributed by atoms with Crippen LogP contribution in [0.25, 0.3) is 16.8 Å². The molecular formula is C21H17BrO3. The molecule has 3 rings (SSSR count). The van der Waals surface area contributed by atoms with Crippen LogP contribution in [0.2, 0.25) is 0 Å². The van der Waals surface area contributed by atoms with Crippen molar-refractivity contribution >= 4 is 38.7 Å². The Morgan fingerprint density at radius 1 is 1.00 bits per heavy atom. The van der Waals surface area contributed by atoms with Gasteiger partial charge in [-0.3, -0.25) is 0 Å². The van der Waals surface area contributed by atoms with E-state index >= 15 is 0 Å². The van der Waals surface area contributed by atoms with Gasteiger partial charge in [0.05, 0.1) is 6.61 Å². The summed E-state index contributed by atoms with van der Waals surface area (Å²) in [6.45, 7) is 2.57. The zero-order valence-corrected chi connectivity index (χ0v) is 15.3. The van der Waals surface area contributed by atoms with Crippen molar-refractivity contribution in [2.45, 2.75) is 6.92 Å². The standard InChI is InChI=1S/C21H17BrO3/c1-2-24-16-10-7-15(8-11-16)9-14-21(23)25-20-13-12-19(22)17-5-3-4-6-18(17)20/h3-14H,2H2,1H3/b14-9+. The number of benzene rings is 3. The topological polar surface area (TPSA) is 35.5 Å². The fraction of sp³-hybridized carbons (Fsp3) is 0.0952. The number of ether oxygens (including phenoxy) is 2. The molecule has 0 unspecified atom stereocenters. The molecule has 0 aliphatic rings. The van der Waals surface area contributed by atoms with Crippen molar-refractivity contribution in [3.8, 4) is 11.5 Å². The Bertz CT molecular complexity index is 914. The van der Waals surface area contributed by atoms with Crippen molar-refractivity contribution in [3.63, 3.8) is 0 Å². The number of fused-ring (bicyclic) bond motifs is 1. The zero-order chi connectivity index (χ0) is 17.6. The van der Waals surface area contributed by atoms with Crippen LogP contribution in [0.1, 0.15) is 12.5 Å². The van der Waals surface area contributed by atoms with E-state index < -0.39 is 5.97 Å². The van der Waals surface area contributed by atoms with E-state index in [1.54, 1.807) is 12.1 Å². The molecule has 0 aromatic heterocycles. The third kappa shape index (κ3) is 4.28. The Balaban J connectivity index is 1.73. The van der Waals surface area contributed by atoms with E-state index in [4.69, 9.17) is 9.47 Å². The van der Waals surface area contributed by atoms with Crippen LogP contribution in [0.3, 0.4) is 0 Å². The summed E-state index contributed by atoms with van der Waals surface area (Å²) >= 11 is 3.51. The average Bonchev–Trinajstić information content (AvgIpc) is 2.64. The summed E-state index contributed by atoms with van der Waals surface area (Å²) in [5, 5.41) is 1.89. The van der Waals surface area contributed by atoms with Gasteiger partial charge >= 0.3 is 5.97 Å². The van der Waals surface area contributed by atoms with Crippen LogP contribution in [0, 0.1) is 0 Å². The fourth-order valence-electron chi connectivity index (χ4n) is 2.47. The second kappa shape index (κ2) is 7.99. The quantitative estimate of drug-likeness (QED) is 0.319. The summed E-state index contributed by atoms with van der Waals surface area (Å²) < 4.78 is 11.9. The number of hydrogen-bond donors (Lipinski definition) is 0. The lowest BCUT2D eigenvalue weighted by Gasteiger charge is -2.07. The summed E-state index contributed by atoms with van der Waals surface area (Å²) in [6.07, 6.45) is 3.14. The fourth-order valence-corrected chi connectivity index (χ4v) is 2.95. The third-order valence-electron chi connectivity index (χ3n) is 3.64. The SMILES string of the molecule is CCOc1ccc(/C=C/C(=O)Oc2ccc(Br)c3ccccc23)cc1. The highest BCUT2D eigenvalue weighted by molar-refractivity contribution is 9.10. The molecule has 0 saturated heterocycles. The van der Waals surface area contributed by atoms with Crippen LogP contribution in [-0.2, 0) is 4.79 Å². The Kier molecular flexibility index (Phi) is 5.51. The minimum absolute atomic E-state index is 0.415. The first-order valence-electron chi connectivity index (χ1n) is 7.97. The Hall–Kier alpha value is -2.59. The largest absolute Gasteiger partial charge is 0.494 e. The summed E-state index contributed by atoms with van der Waals surface area (Å²) in [5.74, 6) is 0.935. The van der Waals surface area contributed by atoms with E-state index in [2.05, 4.69) is 15.9 Å². The van der Waals surface area contributed by atoms with Crippen molar-refractivity contribution in [2.75, 3.05) is 6.61 Å². The molecule has 25 heavy (non-hydrogen) atoms. The second-order valence-electron chi connectivity index (χ2n) is 5.35. The van der Waals surface area contributed by atoms with E-state index in [1.165, 1.54) is 6.08 Å². The lowest BCUT2D eigenvalue weighted by molar-refractivity contribution is -0.128. The van der Waals surface area contributed by atoms with Gasteiger partial charge in [0.25, 0.3) is 0 Å². The molecule has 0 N–H and O–H groups in total. The molecule has 0 aliphatic carbocycles. The molecule has 0 spiro atoms. The van der Waals surface area contributed by atoms with Crippen molar-refractivity contribution in [2.24, 2.45) is 0 Å². The average molecular weight is 397 g/mol. The third-order valence-corrected chi connectivity index (χ3v) is 4.34. The van der Waals surface area contributed by atoms with E-state index in [9.17, 15) is 4.79 Å². The van der Waals surface area contributed by atoms with Gasteiger partial charge in [-0.05, 0) is 48.2 Å². The highest BCUT2D eigenvalue weighted by atomic mass is 79.9. The molecule has 0 bridgehead atoms. The van der Waals surface area contributed by atoms with Crippen molar-refractivity contribution in [1.82, 2.24) is 0 Å². The molecule has 3 nitrogen and oxygen atoms in total. The highest BCUT2D eigenvalue weighted by Crippen LogP contribution is 2.31. The van der Waals surface area contributed by atoms with Crippen LogP contribution < -0.4 is 9.47 Å². The summed E-state index contributed by atoms with van der Waals surface area (Å²) in [6, 6.07) is 19.0. The van der Waals surface area contributed by atoms with Gasteiger partial charge in [-0.1, -0.05) is 52.3 Å². The maximum atomic E-state index is 12.1. The molecule has 0 saturated carbocycles. The van der Waals surface area contributed by atoms with Gasteiger partial charge in [0, 0.05) is 15.9 Å². The number of rotatable bonds is 5. The monoisotopic (exact) mass is 396 g/mol. The van der Waals surface area contributed by atoms with Crippen molar-refractivity contribution in [1.29, 1.82) is 0 Å². The zero-order valence-electron chi connectivity index (χ0n) is 13.7. The van der Waals surface area contributed by atoms with Gasteiger partial charge in [0.2, 0.25) is 0 Å². The number of carbonyl (C=O) groups excluding carboxylic acids is 1. The van der Waals surface area contributed by atoms with Gasteiger partial charge in [0.1, 0.15) is 11.5 Å². The number of halogens is 1. The van der Waals surface area contributed by atoms with Crippen LogP contribution >= 0.6 is 15.9 Å². The van der Waals surface area contributed by atoms with E-state index in [1.807, 2.05) is 61.5 Å². The number of carbonyl (C=O) groups is 1. The van der Waals surface area contributed by atoms with Gasteiger partial charge in [-0.2, -0.15) is 0 Å². The van der Waals surface area contributed by atoms with Gasteiger partial charge in [0.15, 0.2) is 0 Å². The molecule has 4 heteroatoms. The Labute approximate surface area is 155 Å². The van der Waals surface area contributed by atoms with E-state index in [0.717, 1.165) is 26.6 Å². The number of hydrogen-bond acceptors (Lipinski definition) is 3. The Morgan fingerprint density at radius 2 is 1.72 bits per heavy atom. The normalized spacial score (nSPS) is 11.0. The molecule has 0 aliphatic heterocycles.